The number of amides is 1. The van der Waals surface area contributed by atoms with Crippen molar-refractivity contribution in [3.63, 3.8) is 0 Å². The third-order valence-electron chi connectivity index (χ3n) is 5.18. The molecule has 3 heterocycles. The van der Waals surface area contributed by atoms with Gasteiger partial charge in [-0.2, -0.15) is 0 Å². The van der Waals surface area contributed by atoms with Crippen molar-refractivity contribution in [3.05, 3.63) is 45.1 Å². The third-order valence-corrected chi connectivity index (χ3v) is 5.18. The van der Waals surface area contributed by atoms with Crippen LogP contribution in [0.15, 0.2) is 33.9 Å². The normalized spacial score (nSPS) is 21.8. The van der Waals surface area contributed by atoms with Gasteiger partial charge in [-0.05, 0) is 37.8 Å². The highest BCUT2D eigenvalue weighted by Crippen LogP contribution is 2.23. The first-order valence-electron chi connectivity index (χ1n) is 8.79. The highest BCUT2D eigenvalue weighted by molar-refractivity contribution is 5.81. The molecule has 0 saturated carbocycles. The number of likely N-dealkylation sites (tertiary alicyclic amines) is 1. The average molecular weight is 343 g/mol. The van der Waals surface area contributed by atoms with E-state index in [9.17, 15) is 14.4 Å². The molecule has 2 fully saturated rings. The van der Waals surface area contributed by atoms with Crippen LogP contribution in [-0.4, -0.2) is 46.2 Å². The van der Waals surface area contributed by atoms with Gasteiger partial charge in [-0.25, -0.2) is 4.79 Å². The Bertz CT molecular complexity index is 902. The summed E-state index contributed by atoms with van der Waals surface area (Å²) in [6.45, 7) is 1.73. The van der Waals surface area contributed by atoms with E-state index in [2.05, 4.69) is 4.98 Å². The minimum Gasteiger partial charge on any atom is -0.368 e. The first-order valence-corrected chi connectivity index (χ1v) is 8.79. The van der Waals surface area contributed by atoms with Crippen molar-refractivity contribution >= 4 is 16.8 Å². The SMILES string of the molecule is O=C([C@H]1CCCO1)N1CCC(n2c(=O)[nH]c3ccccc3c2=O)CC1. The van der Waals surface area contributed by atoms with Gasteiger partial charge < -0.3 is 14.6 Å². The molecule has 2 aromatic rings. The monoisotopic (exact) mass is 343 g/mol. The zero-order valence-corrected chi connectivity index (χ0v) is 13.9. The number of nitrogens with zero attached hydrogens (tertiary/aromatic N) is 2. The van der Waals surface area contributed by atoms with E-state index in [1.54, 1.807) is 29.2 Å². The van der Waals surface area contributed by atoms with Crippen LogP contribution < -0.4 is 11.2 Å². The molecule has 0 radical (unpaired) electrons. The number of nitrogens with one attached hydrogen (secondary N) is 1. The smallest absolute Gasteiger partial charge is 0.329 e. The van der Waals surface area contributed by atoms with E-state index in [0.717, 1.165) is 12.8 Å². The van der Waals surface area contributed by atoms with Gasteiger partial charge in [-0.15, -0.1) is 0 Å². The molecule has 1 amide bonds. The van der Waals surface area contributed by atoms with E-state index in [-0.39, 0.29) is 29.3 Å². The van der Waals surface area contributed by atoms with Crippen LogP contribution in [0.3, 0.4) is 0 Å². The van der Waals surface area contributed by atoms with Crippen molar-refractivity contribution in [1.29, 1.82) is 0 Å². The molecule has 0 bridgehead atoms. The van der Waals surface area contributed by atoms with Crippen LogP contribution in [0.5, 0.6) is 0 Å². The van der Waals surface area contributed by atoms with Gasteiger partial charge in [-0.1, -0.05) is 12.1 Å². The summed E-state index contributed by atoms with van der Waals surface area (Å²) in [5.74, 6) is 0.0377. The van der Waals surface area contributed by atoms with E-state index in [1.165, 1.54) is 4.57 Å². The Balaban J connectivity index is 1.55. The molecular weight excluding hydrogens is 322 g/mol. The summed E-state index contributed by atoms with van der Waals surface area (Å²) < 4.78 is 6.78. The lowest BCUT2D eigenvalue weighted by molar-refractivity contribution is -0.142. The minimum absolute atomic E-state index is 0.0377. The first-order chi connectivity index (χ1) is 12.1. The molecule has 0 aliphatic carbocycles. The standard InChI is InChI=1S/C18H21N3O4/c22-16-13-4-1-2-5-14(13)19-18(24)21(16)12-7-9-20(10-8-12)17(23)15-6-3-11-25-15/h1-2,4-5,12,15H,3,6-11H2,(H,19,24)/t15-/m1/s1. The van der Waals surface area contributed by atoms with Crippen molar-refractivity contribution in [2.24, 2.45) is 0 Å². The summed E-state index contributed by atoms with van der Waals surface area (Å²) in [7, 11) is 0. The number of ether oxygens (including phenoxy) is 1. The van der Waals surface area contributed by atoms with Crippen LogP contribution in [-0.2, 0) is 9.53 Å². The van der Waals surface area contributed by atoms with Crippen LogP contribution in [0.2, 0.25) is 0 Å². The summed E-state index contributed by atoms with van der Waals surface area (Å²) >= 11 is 0. The number of fused-ring (bicyclic) bond motifs is 1. The highest BCUT2D eigenvalue weighted by Gasteiger charge is 2.32. The molecule has 2 saturated heterocycles. The molecule has 0 unspecified atom stereocenters. The number of piperidine rings is 1. The second-order valence-electron chi connectivity index (χ2n) is 6.71. The Morgan fingerprint density at radius 1 is 1.12 bits per heavy atom. The van der Waals surface area contributed by atoms with E-state index in [0.29, 0.717) is 43.4 Å². The van der Waals surface area contributed by atoms with E-state index in [1.807, 2.05) is 0 Å². The summed E-state index contributed by atoms with van der Waals surface area (Å²) in [6.07, 6.45) is 2.58. The number of carbonyl (C=O) groups is 1. The number of hydrogen-bond donors (Lipinski definition) is 1. The lowest BCUT2D eigenvalue weighted by Gasteiger charge is -2.33. The Kier molecular flexibility index (Phi) is 4.17. The van der Waals surface area contributed by atoms with Gasteiger partial charge in [0.25, 0.3) is 11.5 Å². The molecule has 4 rings (SSSR count). The van der Waals surface area contributed by atoms with Crippen molar-refractivity contribution in [2.45, 2.75) is 37.8 Å². The number of hydrogen-bond acceptors (Lipinski definition) is 4. The molecule has 25 heavy (non-hydrogen) atoms. The molecule has 132 valence electrons. The first kappa shape index (κ1) is 16.1. The fraction of sp³-hybridized carbons (Fsp3) is 0.500. The Morgan fingerprint density at radius 2 is 1.88 bits per heavy atom. The van der Waals surface area contributed by atoms with Crippen molar-refractivity contribution in [3.8, 4) is 0 Å². The summed E-state index contributed by atoms with van der Waals surface area (Å²) in [6, 6.07) is 6.84. The largest absolute Gasteiger partial charge is 0.368 e. The molecule has 1 N–H and O–H groups in total. The predicted molar refractivity (Wildman–Crippen MR) is 92.7 cm³/mol. The molecule has 2 aliphatic heterocycles. The molecular formula is C18H21N3O4. The van der Waals surface area contributed by atoms with Gasteiger partial charge >= 0.3 is 5.69 Å². The van der Waals surface area contributed by atoms with Gasteiger partial charge in [0, 0.05) is 25.7 Å². The van der Waals surface area contributed by atoms with Gasteiger partial charge in [-0.3, -0.25) is 14.2 Å². The van der Waals surface area contributed by atoms with Crippen molar-refractivity contribution in [1.82, 2.24) is 14.5 Å². The van der Waals surface area contributed by atoms with Gasteiger partial charge in [0.2, 0.25) is 0 Å². The van der Waals surface area contributed by atoms with E-state index in [4.69, 9.17) is 4.74 Å². The zero-order valence-electron chi connectivity index (χ0n) is 13.9. The molecule has 1 aromatic carbocycles. The van der Waals surface area contributed by atoms with E-state index >= 15 is 0 Å². The minimum atomic E-state index is -0.382. The Labute approximate surface area is 144 Å². The fourth-order valence-corrected chi connectivity index (χ4v) is 3.83. The van der Waals surface area contributed by atoms with Crippen LogP contribution in [0.4, 0.5) is 0 Å². The molecule has 2 aliphatic rings. The second-order valence-corrected chi connectivity index (χ2v) is 6.71. The average Bonchev–Trinajstić information content (AvgIpc) is 3.16. The van der Waals surface area contributed by atoms with Crippen LogP contribution in [0.25, 0.3) is 10.9 Å². The molecule has 1 atom stereocenters. The van der Waals surface area contributed by atoms with E-state index < -0.39 is 0 Å². The summed E-state index contributed by atoms with van der Waals surface area (Å²) in [4.78, 5) is 42.1. The topological polar surface area (TPSA) is 84.4 Å². The number of para-hydroxylation sites is 1. The number of aromatic amines is 1. The fourth-order valence-electron chi connectivity index (χ4n) is 3.83. The Morgan fingerprint density at radius 3 is 2.60 bits per heavy atom. The predicted octanol–water partition coefficient (Wildman–Crippen LogP) is 1.03. The maximum Gasteiger partial charge on any atom is 0.329 e. The second kappa shape index (κ2) is 6.48. The molecule has 7 nitrogen and oxygen atoms in total. The van der Waals surface area contributed by atoms with Gasteiger partial charge in [0.1, 0.15) is 6.10 Å². The Hall–Kier alpha value is -2.41. The van der Waals surface area contributed by atoms with Crippen molar-refractivity contribution in [2.75, 3.05) is 19.7 Å². The number of H-pyrrole nitrogens is 1. The number of aromatic nitrogens is 2. The summed E-state index contributed by atoms with van der Waals surface area (Å²) in [5, 5.41) is 0.514. The lowest BCUT2D eigenvalue weighted by atomic mass is 10.0. The zero-order chi connectivity index (χ0) is 17.4. The third kappa shape index (κ3) is 2.89. The maximum atomic E-state index is 12.7. The van der Waals surface area contributed by atoms with Crippen LogP contribution >= 0.6 is 0 Å². The molecule has 0 spiro atoms. The number of rotatable bonds is 2. The maximum absolute atomic E-state index is 12.7. The van der Waals surface area contributed by atoms with Crippen LogP contribution in [0, 0.1) is 0 Å². The number of carbonyl (C=O) groups excluding carboxylic acids is 1. The van der Waals surface area contributed by atoms with Crippen molar-refractivity contribution < 1.29 is 9.53 Å². The van der Waals surface area contributed by atoms with Gasteiger partial charge in [0.15, 0.2) is 0 Å². The quantitative estimate of drug-likeness (QED) is 0.883. The molecule has 1 aromatic heterocycles. The number of benzene rings is 1. The van der Waals surface area contributed by atoms with Crippen LogP contribution in [0.1, 0.15) is 31.7 Å². The highest BCUT2D eigenvalue weighted by atomic mass is 16.5. The summed E-state index contributed by atoms with van der Waals surface area (Å²) in [5.41, 5.74) is -0.0874. The lowest BCUT2D eigenvalue weighted by Crippen LogP contribution is -2.47. The molecule has 7 heteroatoms. The van der Waals surface area contributed by atoms with Gasteiger partial charge in [0.05, 0.1) is 10.9 Å².